The van der Waals surface area contributed by atoms with Gasteiger partial charge >= 0.3 is 31.2 Å². The lowest BCUT2D eigenvalue weighted by Gasteiger charge is -2.65. The summed E-state index contributed by atoms with van der Waals surface area (Å²) in [5.74, 6) is -0.175. The second-order valence-corrected chi connectivity index (χ2v) is 31.0. The summed E-state index contributed by atoms with van der Waals surface area (Å²) >= 11 is 0. The third-order valence-electron chi connectivity index (χ3n) is 24.1. The summed E-state index contributed by atoms with van der Waals surface area (Å²) in [5, 5.41) is 11.5. The summed E-state index contributed by atoms with van der Waals surface area (Å²) in [6.07, 6.45) is 12.7. The molecule has 21 atom stereocenters. The summed E-state index contributed by atoms with van der Waals surface area (Å²) < 4.78 is 139. The van der Waals surface area contributed by atoms with Crippen molar-refractivity contribution >= 4 is 31.2 Å². The first-order valence-corrected chi connectivity index (χ1v) is 32.6. The van der Waals surface area contributed by atoms with Crippen molar-refractivity contribution in [1.29, 1.82) is 0 Å². The Hall–Kier alpha value is -1.33. The van der Waals surface area contributed by atoms with Crippen molar-refractivity contribution in [3.63, 3.8) is 0 Å². The largest absolute Gasteiger partial charge is 0.397 e. The first-order chi connectivity index (χ1) is 34.7. The summed E-state index contributed by atoms with van der Waals surface area (Å²) in [7, 11) is -14.7. The van der Waals surface area contributed by atoms with Crippen LogP contribution in [0.25, 0.3) is 0 Å². The van der Waals surface area contributed by atoms with E-state index in [4.69, 9.17) is 26.8 Å². The normalized spacial score (nSPS) is 48.9. The van der Waals surface area contributed by atoms with Crippen LogP contribution >= 0.6 is 0 Å². The maximum absolute atomic E-state index is 12.5. The van der Waals surface area contributed by atoms with Crippen molar-refractivity contribution in [3.8, 4) is 0 Å². The minimum atomic E-state index is -4.98. The third-order valence-corrected chi connectivity index (χ3v) is 25.5. The first-order valence-electron chi connectivity index (χ1n) is 28.5. The zero-order chi connectivity index (χ0) is 54.2. The lowest BCUT2D eigenvalue weighted by molar-refractivity contribution is -0.341. The van der Waals surface area contributed by atoms with Crippen LogP contribution in [0.4, 0.5) is 0 Å². The molecule has 0 amide bonds. The Bertz CT molecular complexity index is 2760. The average molecular weight is 1110 g/mol. The second-order valence-electron chi connectivity index (χ2n) is 27.8. The van der Waals surface area contributed by atoms with Crippen molar-refractivity contribution in [2.24, 2.45) is 80.8 Å². The Balaban J connectivity index is 0.809. The molecule has 424 valence electrons. The predicted octanol–water partition coefficient (Wildman–Crippen LogP) is 10.1. The van der Waals surface area contributed by atoms with E-state index in [2.05, 4.69) is 61.5 Å². The van der Waals surface area contributed by atoms with Crippen molar-refractivity contribution in [3.05, 3.63) is 33.9 Å². The molecule has 4 N–H and O–H groups in total. The van der Waals surface area contributed by atoms with Crippen LogP contribution < -0.4 is 0 Å². The van der Waals surface area contributed by atoms with Gasteiger partial charge in [0.2, 0.25) is 0 Å². The zero-order valence-corrected chi connectivity index (χ0v) is 48.3. The predicted molar refractivity (Wildman–Crippen MR) is 277 cm³/mol. The molecule has 0 radical (unpaired) electrons. The zero-order valence-electron chi connectivity index (χ0n) is 45.9. The van der Waals surface area contributed by atoms with Crippen molar-refractivity contribution in [1.82, 2.24) is 0 Å². The van der Waals surface area contributed by atoms with Crippen molar-refractivity contribution in [2.75, 3.05) is 6.61 Å². The van der Waals surface area contributed by atoms with Crippen LogP contribution in [0.3, 0.4) is 0 Å². The maximum Gasteiger partial charge on any atom is 0.397 e. The summed E-state index contributed by atoms with van der Waals surface area (Å²) in [6, 6.07) is 0. The average Bonchev–Trinajstić information content (AvgIpc) is 3.87. The van der Waals surface area contributed by atoms with Gasteiger partial charge in [-0.2, -0.15) is 25.3 Å². The molecule has 4 bridgehead atoms. The van der Waals surface area contributed by atoms with Crippen LogP contribution in [-0.2, 0) is 58.0 Å². The monoisotopic (exact) mass is 1110 g/mol. The number of hydrogen-bond donors (Lipinski definition) is 4. The van der Waals surface area contributed by atoms with Gasteiger partial charge in [0, 0.05) is 35.0 Å². The molecule has 8 aliphatic carbocycles. The number of fused-ring (bicyclic) bond motifs is 10. The fraction of sp³-hybridized carbons (Fsp3) is 0.893. The number of aliphatic hydroxyl groups is 1. The minimum absolute atomic E-state index is 0.0346. The molecule has 16 nitrogen and oxygen atoms in total. The number of ether oxygens (including phenoxy) is 3. The Kier molecular flexibility index (Phi) is 13.4. The fourth-order valence-corrected chi connectivity index (χ4v) is 22.3. The van der Waals surface area contributed by atoms with E-state index in [0.717, 1.165) is 82.6 Å². The van der Waals surface area contributed by atoms with Gasteiger partial charge < -0.3 is 19.3 Å². The molecule has 4 saturated carbocycles. The fourth-order valence-electron chi connectivity index (χ4n) is 20.7. The topological polar surface area (TPSA) is 239 Å². The van der Waals surface area contributed by atoms with E-state index < -0.39 is 77.6 Å². The highest BCUT2D eigenvalue weighted by molar-refractivity contribution is 7.81. The Morgan fingerprint density at radius 2 is 1.36 bits per heavy atom. The standard InChI is InChI=1S/C56H86O16S3/c1-30(37-14-16-40-35-12-13-39-32(3)49(71-75(64,65)66)46(70-74(61,62)63)28-53(39,9)42(35)19-21-51(37,40)7)11-18-47-54(10)27-34(50(5,6)72-54)25-44(68-47)31(2)38-15-17-41-36-26-45(69-73(58,59)60)48-33(4)56(57)24-23-55(48,29-67-56)43(36)20-22-52(38,41)8/h13,30-34,37-38,40-41,44-49,57H,11-12,14-29H2,1-10H3,(H,58,59,60)(H,61,62,63)(H,64,65,66)/t30-,31+,32-,33+,34+,37-,38-,40+,41+,44+,45+,46+,47-,48-,49-,51-,52-,53+,54+,55+,56+/m1/s1. The molecule has 0 aromatic heterocycles. The smallest absolute Gasteiger partial charge is 0.372 e. The molecule has 4 aliphatic heterocycles. The summed E-state index contributed by atoms with van der Waals surface area (Å²) in [4.78, 5) is 0. The van der Waals surface area contributed by atoms with Crippen LogP contribution in [-0.4, -0.2) is 98.1 Å². The lowest BCUT2D eigenvalue weighted by Crippen LogP contribution is -2.67. The first kappa shape index (κ1) is 55.6. The highest BCUT2D eigenvalue weighted by Crippen LogP contribution is 2.71. The van der Waals surface area contributed by atoms with Crippen LogP contribution in [0.5, 0.6) is 0 Å². The number of rotatable bonds is 12. The Labute approximate surface area is 447 Å². The van der Waals surface area contributed by atoms with Gasteiger partial charge in [0.05, 0.1) is 36.1 Å². The van der Waals surface area contributed by atoms with Crippen LogP contribution in [0.15, 0.2) is 33.9 Å². The molecule has 0 aromatic carbocycles. The molecule has 4 heterocycles. The Morgan fingerprint density at radius 1 is 0.747 bits per heavy atom. The van der Waals surface area contributed by atoms with Gasteiger partial charge in [0.1, 0.15) is 12.2 Å². The molecule has 19 heteroatoms. The van der Waals surface area contributed by atoms with Gasteiger partial charge in [-0.1, -0.05) is 82.4 Å². The molecule has 0 unspecified atom stereocenters. The maximum atomic E-state index is 12.5. The van der Waals surface area contributed by atoms with Crippen LogP contribution in [0.2, 0.25) is 0 Å². The van der Waals surface area contributed by atoms with Gasteiger partial charge in [-0.05, 0) is 176 Å². The van der Waals surface area contributed by atoms with Gasteiger partial charge in [-0.15, -0.1) is 0 Å². The van der Waals surface area contributed by atoms with E-state index in [1.54, 1.807) is 6.92 Å². The van der Waals surface area contributed by atoms with Crippen molar-refractivity contribution < 1.29 is 70.8 Å². The van der Waals surface area contributed by atoms with Crippen LogP contribution in [0, 0.1) is 80.8 Å². The SMILES string of the molecule is C[C@H]([C@@H]1C[C@H]2C[C@](C)(OC2(C)C)[C@@H](CC[C@@H](C)[C@H]2CC[C@H]3C4=C(CC[C@]23C)[C@@]2(C)C[C@H](OS(=O)(=O)O)[C@H](OS(=O)(=O)O)[C@H](C)C2=CC4)O1)[C@H]1CC[C@H]2C3=C(CC[C@]12C)[C@]12CC[C@](O)(OC1)[C@@H](C)[C@@H]2[C@@H](OS(=O)(=O)O)C3. The molecule has 0 aromatic rings. The van der Waals surface area contributed by atoms with E-state index in [1.165, 1.54) is 22.3 Å². The Morgan fingerprint density at radius 3 is 2.00 bits per heavy atom. The highest BCUT2D eigenvalue weighted by atomic mass is 32.3. The van der Waals surface area contributed by atoms with Crippen molar-refractivity contribution in [2.45, 2.75) is 226 Å². The molecular weight excluding hydrogens is 1020 g/mol. The third kappa shape index (κ3) is 8.92. The number of hydrogen-bond acceptors (Lipinski definition) is 13. The van der Waals surface area contributed by atoms with Gasteiger partial charge in [-0.3, -0.25) is 13.7 Å². The molecule has 75 heavy (non-hydrogen) atoms. The van der Waals surface area contributed by atoms with E-state index in [1.807, 2.05) is 6.92 Å². The minimum Gasteiger partial charge on any atom is -0.372 e. The van der Waals surface area contributed by atoms with E-state index in [0.29, 0.717) is 61.9 Å². The second kappa shape index (κ2) is 18.1. The van der Waals surface area contributed by atoms with Gasteiger partial charge in [0.25, 0.3) is 0 Å². The number of allylic oxidation sites excluding steroid dienone is 3. The van der Waals surface area contributed by atoms with E-state index in [9.17, 15) is 44.0 Å². The highest BCUT2D eigenvalue weighted by Gasteiger charge is 2.68. The molecule has 1 spiro atoms. The molecular formula is C56H86O16S3. The molecule has 12 aliphatic rings. The molecule has 12 rings (SSSR count). The van der Waals surface area contributed by atoms with E-state index in [-0.39, 0.29) is 58.7 Å². The van der Waals surface area contributed by atoms with Gasteiger partial charge in [-0.25, -0.2) is 12.5 Å². The summed E-state index contributed by atoms with van der Waals surface area (Å²) in [5.41, 5.74) is 4.45. The van der Waals surface area contributed by atoms with Crippen LogP contribution in [0.1, 0.15) is 178 Å². The van der Waals surface area contributed by atoms with Gasteiger partial charge in [0.15, 0.2) is 5.79 Å². The van der Waals surface area contributed by atoms with E-state index >= 15 is 0 Å². The summed E-state index contributed by atoms with van der Waals surface area (Å²) in [6.45, 7) is 22.7. The molecule has 4 saturated heterocycles. The quantitative estimate of drug-likeness (QED) is 0.105. The molecule has 8 fully saturated rings. The lowest BCUT2D eigenvalue weighted by atomic mass is 9.46.